The Morgan fingerprint density at radius 1 is 1.38 bits per heavy atom. The van der Waals surface area contributed by atoms with Gasteiger partial charge in [-0.15, -0.1) is 0 Å². The van der Waals surface area contributed by atoms with Crippen LogP contribution >= 0.6 is 0 Å². The highest BCUT2D eigenvalue weighted by atomic mass is 19.3. The molecule has 2 heterocycles. The van der Waals surface area contributed by atoms with E-state index >= 15 is 0 Å². The van der Waals surface area contributed by atoms with Gasteiger partial charge >= 0.3 is 0 Å². The number of nitrogens with zero attached hydrogens (tertiary/aromatic N) is 1. The lowest BCUT2D eigenvalue weighted by Gasteiger charge is -2.36. The molecule has 0 N–H and O–H groups in total. The van der Waals surface area contributed by atoms with E-state index in [2.05, 4.69) is 4.90 Å². The summed E-state index contributed by atoms with van der Waals surface area (Å²) < 4.78 is 39.6. The highest BCUT2D eigenvalue weighted by Gasteiger charge is 2.47. The van der Waals surface area contributed by atoms with E-state index in [1.807, 2.05) is 0 Å². The summed E-state index contributed by atoms with van der Waals surface area (Å²) in [6.07, 6.45) is 4.11. The first kappa shape index (κ1) is 10.2. The van der Waals surface area contributed by atoms with Crippen LogP contribution in [0.2, 0.25) is 0 Å². The van der Waals surface area contributed by atoms with Crippen molar-refractivity contribution in [2.75, 3.05) is 6.54 Å². The van der Waals surface area contributed by atoms with E-state index < -0.39 is 5.92 Å². The van der Waals surface area contributed by atoms with Crippen LogP contribution in [-0.4, -0.2) is 23.4 Å². The summed E-state index contributed by atoms with van der Waals surface area (Å²) in [5.41, 5.74) is 0.910. The van der Waals surface area contributed by atoms with Gasteiger partial charge in [0, 0.05) is 31.1 Å². The van der Waals surface area contributed by atoms with Gasteiger partial charge in [0.25, 0.3) is 0 Å². The SMILES string of the molecule is FC1=CCN2C(=C1)CC1CC(F)(F)CCC12. The molecule has 3 aliphatic rings. The normalized spacial score (nSPS) is 36.3. The van der Waals surface area contributed by atoms with Gasteiger partial charge in [0.2, 0.25) is 5.92 Å². The van der Waals surface area contributed by atoms with Crippen molar-refractivity contribution >= 4 is 0 Å². The average molecular weight is 229 g/mol. The Morgan fingerprint density at radius 3 is 3.00 bits per heavy atom. The van der Waals surface area contributed by atoms with E-state index in [0.29, 0.717) is 19.4 Å². The minimum atomic E-state index is -2.51. The molecule has 2 unspecified atom stereocenters. The molecule has 0 aromatic carbocycles. The van der Waals surface area contributed by atoms with Crippen LogP contribution in [0.4, 0.5) is 13.2 Å². The minimum Gasteiger partial charge on any atom is -0.368 e. The molecule has 1 saturated carbocycles. The third kappa shape index (κ3) is 1.55. The fraction of sp³-hybridized carbons (Fsp3) is 0.667. The van der Waals surface area contributed by atoms with E-state index in [1.165, 1.54) is 12.2 Å². The first-order chi connectivity index (χ1) is 7.55. The number of hydrogen-bond donors (Lipinski definition) is 0. The van der Waals surface area contributed by atoms with Crippen molar-refractivity contribution in [3.63, 3.8) is 0 Å². The molecule has 0 aromatic heterocycles. The minimum absolute atomic E-state index is 0.00861. The Kier molecular flexibility index (Phi) is 2.10. The molecule has 1 nitrogen and oxygen atoms in total. The van der Waals surface area contributed by atoms with Crippen molar-refractivity contribution in [3.05, 3.63) is 23.7 Å². The summed E-state index contributed by atoms with van der Waals surface area (Å²) in [6, 6.07) is 0.204. The van der Waals surface area contributed by atoms with Crippen LogP contribution in [0.15, 0.2) is 23.7 Å². The second kappa shape index (κ2) is 3.28. The van der Waals surface area contributed by atoms with Crippen LogP contribution in [0.5, 0.6) is 0 Å². The van der Waals surface area contributed by atoms with Crippen LogP contribution in [-0.2, 0) is 0 Å². The molecule has 1 saturated heterocycles. The smallest absolute Gasteiger partial charge is 0.248 e. The van der Waals surface area contributed by atoms with Gasteiger partial charge in [0.1, 0.15) is 5.83 Å². The lowest BCUT2D eigenvalue weighted by molar-refractivity contribution is -0.0631. The first-order valence-electron chi connectivity index (χ1n) is 5.76. The van der Waals surface area contributed by atoms with Gasteiger partial charge < -0.3 is 4.90 Å². The molecule has 2 aliphatic heterocycles. The molecule has 0 bridgehead atoms. The maximum Gasteiger partial charge on any atom is 0.248 e. The lowest BCUT2D eigenvalue weighted by Crippen LogP contribution is -2.40. The summed E-state index contributed by atoms with van der Waals surface area (Å²) >= 11 is 0. The summed E-state index contributed by atoms with van der Waals surface area (Å²) in [5, 5.41) is 0. The first-order valence-corrected chi connectivity index (χ1v) is 5.76. The topological polar surface area (TPSA) is 3.24 Å². The fourth-order valence-electron chi connectivity index (χ4n) is 3.23. The number of alkyl halides is 2. The molecule has 4 heteroatoms. The Morgan fingerprint density at radius 2 is 2.19 bits per heavy atom. The van der Waals surface area contributed by atoms with E-state index in [0.717, 1.165) is 5.70 Å². The summed E-state index contributed by atoms with van der Waals surface area (Å²) in [6.45, 7) is 0.546. The van der Waals surface area contributed by atoms with Crippen molar-refractivity contribution in [2.45, 2.75) is 37.6 Å². The molecular weight excluding hydrogens is 215 g/mol. The summed E-state index contributed by atoms with van der Waals surface area (Å²) in [7, 11) is 0. The van der Waals surface area contributed by atoms with Crippen molar-refractivity contribution in [2.24, 2.45) is 5.92 Å². The van der Waals surface area contributed by atoms with Crippen LogP contribution in [0.3, 0.4) is 0 Å². The third-order valence-electron chi connectivity index (χ3n) is 3.94. The van der Waals surface area contributed by atoms with Crippen LogP contribution in [0.25, 0.3) is 0 Å². The molecule has 2 atom stereocenters. The van der Waals surface area contributed by atoms with E-state index in [1.54, 1.807) is 0 Å². The fourth-order valence-corrected chi connectivity index (χ4v) is 3.23. The predicted octanol–water partition coefficient (Wildman–Crippen LogP) is 3.25. The van der Waals surface area contributed by atoms with Crippen LogP contribution in [0, 0.1) is 5.92 Å². The zero-order chi connectivity index (χ0) is 11.3. The zero-order valence-electron chi connectivity index (χ0n) is 8.93. The molecule has 3 rings (SSSR count). The largest absolute Gasteiger partial charge is 0.368 e. The molecule has 0 aromatic rings. The molecule has 1 aliphatic carbocycles. The maximum absolute atomic E-state index is 13.3. The number of allylic oxidation sites excluding steroid dienone is 3. The van der Waals surface area contributed by atoms with Gasteiger partial charge in [-0.1, -0.05) is 0 Å². The highest BCUT2D eigenvalue weighted by Crippen LogP contribution is 2.47. The molecule has 0 radical (unpaired) electrons. The third-order valence-corrected chi connectivity index (χ3v) is 3.94. The van der Waals surface area contributed by atoms with Gasteiger partial charge in [0.05, 0.1) is 0 Å². The van der Waals surface area contributed by atoms with Crippen molar-refractivity contribution < 1.29 is 13.2 Å². The monoisotopic (exact) mass is 229 g/mol. The molecule has 0 spiro atoms. The quantitative estimate of drug-likeness (QED) is 0.616. The van der Waals surface area contributed by atoms with Crippen molar-refractivity contribution in [1.29, 1.82) is 0 Å². The van der Waals surface area contributed by atoms with Gasteiger partial charge in [-0.3, -0.25) is 0 Å². The van der Waals surface area contributed by atoms with Gasteiger partial charge in [-0.05, 0) is 30.9 Å². The van der Waals surface area contributed by atoms with Crippen molar-refractivity contribution in [3.8, 4) is 0 Å². The number of hydrogen-bond acceptors (Lipinski definition) is 1. The lowest BCUT2D eigenvalue weighted by atomic mass is 9.82. The second-order valence-corrected chi connectivity index (χ2v) is 5.01. The highest BCUT2D eigenvalue weighted by molar-refractivity contribution is 5.27. The summed E-state index contributed by atoms with van der Waals surface area (Å²) in [5.74, 6) is -2.73. The molecule has 2 fully saturated rings. The van der Waals surface area contributed by atoms with Crippen molar-refractivity contribution in [1.82, 2.24) is 4.90 Å². The average Bonchev–Trinajstić information content (AvgIpc) is 2.51. The van der Waals surface area contributed by atoms with E-state index in [4.69, 9.17) is 0 Å². The van der Waals surface area contributed by atoms with Crippen LogP contribution < -0.4 is 0 Å². The molecular formula is C12H14F3N. The molecule has 16 heavy (non-hydrogen) atoms. The second-order valence-electron chi connectivity index (χ2n) is 5.01. The Balaban J connectivity index is 1.83. The van der Waals surface area contributed by atoms with E-state index in [9.17, 15) is 13.2 Å². The van der Waals surface area contributed by atoms with Gasteiger partial charge in [0.15, 0.2) is 0 Å². The Labute approximate surface area is 92.6 Å². The Hall–Kier alpha value is -0.930. The van der Waals surface area contributed by atoms with Crippen LogP contribution in [0.1, 0.15) is 25.7 Å². The molecule has 0 amide bonds. The Bertz CT molecular complexity index is 372. The zero-order valence-corrected chi connectivity index (χ0v) is 8.93. The number of halogens is 3. The van der Waals surface area contributed by atoms with Gasteiger partial charge in [-0.2, -0.15) is 0 Å². The molecule has 88 valence electrons. The standard InChI is InChI=1S/C12H14F3N/c13-9-2-4-16-10(6-9)5-8-7-12(14,15)3-1-11(8)16/h2,6,8,11H,1,3-5,7H2. The number of fused-ring (bicyclic) bond motifs is 3. The number of rotatable bonds is 0. The summed E-state index contributed by atoms with van der Waals surface area (Å²) in [4.78, 5) is 2.10. The van der Waals surface area contributed by atoms with Gasteiger partial charge in [-0.25, -0.2) is 13.2 Å². The predicted molar refractivity (Wildman–Crippen MR) is 54.7 cm³/mol. The van der Waals surface area contributed by atoms with E-state index in [-0.39, 0.29) is 30.6 Å². The maximum atomic E-state index is 13.3.